The number of fused-ring (bicyclic) bond motifs is 2. The number of aliphatic imine (C=N–C) groups is 1. The Hall–Kier alpha value is -1.56. The van der Waals surface area contributed by atoms with E-state index in [1.54, 1.807) is 19.0 Å². The molecule has 1 amide bonds. The van der Waals surface area contributed by atoms with E-state index in [2.05, 4.69) is 34.0 Å². The highest BCUT2D eigenvalue weighted by molar-refractivity contribution is 5.85. The van der Waals surface area contributed by atoms with Crippen LogP contribution in [0.4, 0.5) is 0 Å². The number of likely N-dealkylation sites (tertiary alicyclic amines) is 1. The number of carbonyl (C=O) groups excluding carboxylic acids is 1. The summed E-state index contributed by atoms with van der Waals surface area (Å²) in [5, 5.41) is 7.30. The Kier molecular flexibility index (Phi) is 6.79. The second-order valence-corrected chi connectivity index (χ2v) is 9.03. The summed E-state index contributed by atoms with van der Waals surface area (Å²) in [6, 6.07) is 0.943. The van der Waals surface area contributed by atoms with Crippen LogP contribution in [-0.4, -0.2) is 74.0 Å². The molecule has 3 aliphatic rings. The molecule has 0 aromatic rings. The molecule has 3 atom stereocenters. The van der Waals surface area contributed by atoms with Crippen LogP contribution in [0.2, 0.25) is 0 Å². The minimum Gasteiger partial charge on any atom is -0.354 e. The Morgan fingerprint density at radius 2 is 1.89 bits per heavy atom. The Labute approximate surface area is 164 Å². The number of nitrogens with zero attached hydrogens (tertiary/aromatic N) is 3. The molecule has 1 saturated heterocycles. The molecule has 3 fully saturated rings. The second-order valence-electron chi connectivity index (χ2n) is 9.03. The lowest BCUT2D eigenvalue weighted by atomic mass is 9.95. The van der Waals surface area contributed by atoms with Gasteiger partial charge in [0.05, 0.1) is 0 Å². The number of nitrogens with one attached hydrogen (secondary N) is 2. The van der Waals surface area contributed by atoms with Gasteiger partial charge in [-0.3, -0.25) is 9.69 Å². The lowest BCUT2D eigenvalue weighted by Crippen LogP contribution is -2.52. The number of rotatable bonds is 6. The zero-order valence-corrected chi connectivity index (χ0v) is 17.3. The number of piperidine rings is 1. The molecule has 0 aromatic heterocycles. The van der Waals surface area contributed by atoms with Crippen molar-refractivity contribution in [3.63, 3.8) is 0 Å². The van der Waals surface area contributed by atoms with Crippen molar-refractivity contribution in [3.05, 3.63) is 12.2 Å². The minimum atomic E-state index is 0.0420. The third kappa shape index (κ3) is 5.71. The van der Waals surface area contributed by atoms with Gasteiger partial charge in [0.15, 0.2) is 5.96 Å². The first-order valence-corrected chi connectivity index (χ1v) is 10.5. The molecule has 2 saturated carbocycles. The smallest absolute Gasteiger partial charge is 0.243 e. The molecule has 3 unspecified atom stereocenters. The highest BCUT2D eigenvalue weighted by Gasteiger charge is 2.40. The maximum atomic E-state index is 12.0. The van der Waals surface area contributed by atoms with Crippen molar-refractivity contribution >= 4 is 11.9 Å². The molecule has 1 aliphatic heterocycles. The molecule has 2 bridgehead atoms. The molecule has 0 spiro atoms. The first-order valence-electron chi connectivity index (χ1n) is 10.5. The predicted octanol–water partition coefficient (Wildman–Crippen LogP) is 1.84. The molecule has 6 heteroatoms. The maximum Gasteiger partial charge on any atom is 0.243 e. The summed E-state index contributed by atoms with van der Waals surface area (Å²) in [4.78, 5) is 20.7. The van der Waals surface area contributed by atoms with Crippen molar-refractivity contribution in [2.45, 2.75) is 57.5 Å². The van der Waals surface area contributed by atoms with Crippen LogP contribution in [0, 0.1) is 11.8 Å². The number of guanidine groups is 1. The van der Waals surface area contributed by atoms with Gasteiger partial charge in [0, 0.05) is 45.8 Å². The van der Waals surface area contributed by atoms with Crippen LogP contribution in [-0.2, 0) is 4.79 Å². The van der Waals surface area contributed by atoms with Crippen LogP contribution < -0.4 is 10.6 Å². The molecule has 6 nitrogen and oxygen atoms in total. The summed E-state index contributed by atoms with van der Waals surface area (Å²) in [6.45, 7) is 9.49. The van der Waals surface area contributed by atoms with Gasteiger partial charge < -0.3 is 15.5 Å². The van der Waals surface area contributed by atoms with E-state index in [4.69, 9.17) is 0 Å². The molecule has 0 aromatic carbocycles. The van der Waals surface area contributed by atoms with Crippen LogP contribution in [0.25, 0.3) is 0 Å². The third-order valence-corrected chi connectivity index (χ3v) is 6.35. The van der Waals surface area contributed by atoms with E-state index >= 15 is 0 Å². The largest absolute Gasteiger partial charge is 0.354 e. The van der Waals surface area contributed by atoms with Crippen molar-refractivity contribution in [2.75, 3.05) is 40.3 Å². The highest BCUT2D eigenvalue weighted by atomic mass is 16.2. The highest BCUT2D eigenvalue weighted by Crippen LogP contribution is 2.44. The van der Waals surface area contributed by atoms with Gasteiger partial charge in [0.2, 0.25) is 5.91 Å². The van der Waals surface area contributed by atoms with E-state index < -0.39 is 0 Å². The molecule has 0 radical (unpaired) electrons. The summed E-state index contributed by atoms with van der Waals surface area (Å²) < 4.78 is 0. The average Bonchev–Trinajstić information content (AvgIpc) is 3.23. The fourth-order valence-electron chi connectivity index (χ4n) is 4.83. The van der Waals surface area contributed by atoms with Crippen LogP contribution >= 0.6 is 0 Å². The lowest BCUT2D eigenvalue weighted by Gasteiger charge is -2.34. The fraction of sp³-hybridized carbons (Fsp3) is 0.810. The van der Waals surface area contributed by atoms with Crippen molar-refractivity contribution in [1.29, 1.82) is 0 Å². The monoisotopic (exact) mass is 375 g/mol. The van der Waals surface area contributed by atoms with Crippen LogP contribution in [0.3, 0.4) is 0 Å². The molecule has 2 N–H and O–H groups in total. The van der Waals surface area contributed by atoms with E-state index in [9.17, 15) is 4.79 Å². The van der Waals surface area contributed by atoms with Crippen LogP contribution in [0.5, 0.6) is 0 Å². The SMILES string of the molecule is C=C(C)CN1CCC(NC(=NCC(=O)N(C)C)NC2CC3CCC2C3)CC1. The Morgan fingerprint density at radius 1 is 1.15 bits per heavy atom. The molecule has 3 rings (SSSR count). The van der Waals surface area contributed by atoms with Gasteiger partial charge in [-0.15, -0.1) is 0 Å². The second kappa shape index (κ2) is 9.09. The zero-order valence-electron chi connectivity index (χ0n) is 17.3. The topological polar surface area (TPSA) is 60.0 Å². The van der Waals surface area contributed by atoms with Gasteiger partial charge in [-0.05, 0) is 50.9 Å². The van der Waals surface area contributed by atoms with Crippen molar-refractivity contribution in [2.24, 2.45) is 16.8 Å². The average molecular weight is 376 g/mol. The first kappa shape index (κ1) is 20.2. The van der Waals surface area contributed by atoms with Crippen LogP contribution in [0.1, 0.15) is 45.4 Å². The summed E-state index contributed by atoms with van der Waals surface area (Å²) in [5.74, 6) is 2.55. The van der Waals surface area contributed by atoms with Gasteiger partial charge in [-0.1, -0.05) is 18.6 Å². The maximum absolute atomic E-state index is 12.0. The minimum absolute atomic E-state index is 0.0420. The number of hydrogen-bond acceptors (Lipinski definition) is 3. The Morgan fingerprint density at radius 3 is 2.44 bits per heavy atom. The molecular weight excluding hydrogens is 338 g/mol. The Bertz CT molecular complexity index is 565. The number of hydrogen-bond donors (Lipinski definition) is 2. The zero-order chi connectivity index (χ0) is 19.4. The van der Waals surface area contributed by atoms with Gasteiger partial charge >= 0.3 is 0 Å². The predicted molar refractivity (Wildman–Crippen MR) is 111 cm³/mol. The summed E-state index contributed by atoms with van der Waals surface area (Å²) in [6.07, 6.45) is 7.55. The number of amides is 1. The summed E-state index contributed by atoms with van der Waals surface area (Å²) in [5.41, 5.74) is 1.23. The molecule has 27 heavy (non-hydrogen) atoms. The van der Waals surface area contributed by atoms with Crippen molar-refractivity contribution in [1.82, 2.24) is 20.4 Å². The quantitative estimate of drug-likeness (QED) is 0.422. The van der Waals surface area contributed by atoms with Crippen LogP contribution in [0.15, 0.2) is 17.1 Å². The molecule has 1 heterocycles. The van der Waals surface area contributed by atoms with Gasteiger partial charge in [-0.2, -0.15) is 0 Å². The lowest BCUT2D eigenvalue weighted by molar-refractivity contribution is -0.127. The standard InChI is InChI=1S/C21H37N5O/c1-15(2)14-26-9-7-18(8-10-26)23-21(22-13-20(27)25(3)4)24-19-12-16-5-6-17(19)11-16/h16-19H,1,5-14H2,2-4H3,(H2,22,23,24). The number of carbonyl (C=O) groups is 1. The number of likely N-dealkylation sites (N-methyl/N-ethyl adjacent to an activating group) is 1. The fourth-order valence-corrected chi connectivity index (χ4v) is 4.83. The van der Waals surface area contributed by atoms with Gasteiger partial charge in [-0.25, -0.2) is 4.99 Å². The summed E-state index contributed by atoms with van der Waals surface area (Å²) in [7, 11) is 3.57. The van der Waals surface area contributed by atoms with Crippen molar-refractivity contribution < 1.29 is 4.79 Å². The third-order valence-electron chi connectivity index (χ3n) is 6.35. The first-order chi connectivity index (χ1) is 12.9. The van der Waals surface area contributed by atoms with E-state index in [1.165, 1.54) is 31.3 Å². The van der Waals surface area contributed by atoms with E-state index in [1.807, 2.05) is 0 Å². The van der Waals surface area contributed by atoms with Crippen molar-refractivity contribution in [3.8, 4) is 0 Å². The normalized spacial score (nSPS) is 29.0. The Balaban J connectivity index is 1.55. The van der Waals surface area contributed by atoms with Gasteiger partial charge in [0.1, 0.15) is 6.54 Å². The molecular formula is C21H37N5O. The van der Waals surface area contributed by atoms with E-state index in [-0.39, 0.29) is 12.5 Å². The molecule has 2 aliphatic carbocycles. The molecule has 152 valence electrons. The van der Waals surface area contributed by atoms with E-state index in [0.29, 0.717) is 12.1 Å². The van der Waals surface area contributed by atoms with Gasteiger partial charge in [0.25, 0.3) is 0 Å². The summed E-state index contributed by atoms with van der Waals surface area (Å²) >= 11 is 0. The van der Waals surface area contributed by atoms with E-state index in [0.717, 1.165) is 50.3 Å².